The van der Waals surface area contributed by atoms with E-state index in [4.69, 9.17) is 5.11 Å². The Morgan fingerprint density at radius 2 is 2.00 bits per heavy atom. The van der Waals surface area contributed by atoms with Gasteiger partial charge in [-0.1, -0.05) is 13.3 Å². The summed E-state index contributed by atoms with van der Waals surface area (Å²) in [5.74, 6) is 0. The minimum absolute atomic E-state index is 0. The van der Waals surface area contributed by atoms with Crippen LogP contribution < -0.4 is 5.32 Å². The minimum Gasteiger partial charge on any atom is -0.400 e. The van der Waals surface area contributed by atoms with Gasteiger partial charge in [-0.3, -0.25) is 0 Å². The van der Waals surface area contributed by atoms with Gasteiger partial charge in [0.05, 0.1) is 0 Å². The second-order valence-corrected chi connectivity index (χ2v) is 4.17. The highest BCUT2D eigenvalue weighted by molar-refractivity contribution is 4.86. The number of hydrogen-bond acceptors (Lipinski definition) is 3. The summed E-state index contributed by atoms with van der Waals surface area (Å²) >= 11 is 0. The smallest absolute Gasteiger partial charge is 0.0319 e. The molecule has 0 aromatic carbocycles. The van der Waals surface area contributed by atoms with Crippen LogP contribution in [-0.4, -0.2) is 48.8 Å². The molecular weight excluding hydrogens is 176 g/mol. The first-order valence-electron chi connectivity index (χ1n) is 5.81. The molecule has 0 amide bonds. The summed E-state index contributed by atoms with van der Waals surface area (Å²) in [5.41, 5.74) is 0. The van der Waals surface area contributed by atoms with Crippen molar-refractivity contribution in [1.82, 2.24) is 10.2 Å². The van der Waals surface area contributed by atoms with E-state index < -0.39 is 0 Å². The molecule has 1 saturated carbocycles. The van der Waals surface area contributed by atoms with Gasteiger partial charge in [0, 0.05) is 27.2 Å². The number of nitrogens with one attached hydrogen (secondary N) is 1. The summed E-state index contributed by atoms with van der Waals surface area (Å²) in [6.45, 7) is 6.07. The SMILES string of the molecule is CCN1CC[C@H](NC2CCC2)C1.CO.[HH]. The van der Waals surface area contributed by atoms with E-state index in [2.05, 4.69) is 17.1 Å². The molecule has 1 aliphatic carbocycles. The Morgan fingerprint density at radius 1 is 1.29 bits per heavy atom. The predicted octanol–water partition coefficient (Wildman–Crippen LogP) is 1.08. The zero-order chi connectivity index (χ0) is 10.4. The Bertz CT molecular complexity index is 154. The van der Waals surface area contributed by atoms with Crippen molar-refractivity contribution >= 4 is 0 Å². The molecule has 2 fully saturated rings. The third kappa shape index (κ3) is 3.23. The fraction of sp³-hybridized carbons (Fsp3) is 1.00. The lowest BCUT2D eigenvalue weighted by molar-refractivity contribution is 0.290. The molecule has 1 aliphatic heterocycles. The molecule has 0 spiro atoms. The van der Waals surface area contributed by atoms with E-state index in [1.165, 1.54) is 45.3 Å². The molecule has 0 aromatic rings. The van der Waals surface area contributed by atoms with Gasteiger partial charge in [-0.15, -0.1) is 0 Å². The molecular formula is C11H26N2O. The van der Waals surface area contributed by atoms with Crippen molar-refractivity contribution in [2.75, 3.05) is 26.7 Å². The third-order valence-corrected chi connectivity index (χ3v) is 3.30. The first-order chi connectivity index (χ1) is 6.88. The van der Waals surface area contributed by atoms with Crippen molar-refractivity contribution in [2.45, 2.75) is 44.7 Å². The number of nitrogens with zero attached hydrogens (tertiary/aromatic N) is 1. The Balaban J connectivity index is 0.000000617. The summed E-state index contributed by atoms with van der Waals surface area (Å²) in [7, 11) is 1.00. The largest absolute Gasteiger partial charge is 0.400 e. The average molecular weight is 202 g/mol. The summed E-state index contributed by atoms with van der Waals surface area (Å²) in [6.07, 6.45) is 5.65. The van der Waals surface area contributed by atoms with Crippen LogP contribution >= 0.6 is 0 Å². The lowest BCUT2D eigenvalue weighted by Crippen LogP contribution is -2.43. The fourth-order valence-corrected chi connectivity index (χ4v) is 2.16. The van der Waals surface area contributed by atoms with Crippen LogP contribution in [0.4, 0.5) is 0 Å². The van der Waals surface area contributed by atoms with Crippen LogP contribution in [0.2, 0.25) is 0 Å². The summed E-state index contributed by atoms with van der Waals surface area (Å²) in [4.78, 5) is 2.54. The van der Waals surface area contributed by atoms with Gasteiger partial charge in [0.25, 0.3) is 0 Å². The Morgan fingerprint density at radius 3 is 2.43 bits per heavy atom. The number of likely N-dealkylation sites (N-methyl/N-ethyl adjacent to an activating group) is 1. The van der Waals surface area contributed by atoms with Crippen molar-refractivity contribution in [1.29, 1.82) is 0 Å². The Kier molecular flexibility index (Phi) is 5.45. The van der Waals surface area contributed by atoms with Gasteiger partial charge in [-0.2, -0.15) is 0 Å². The molecule has 0 bridgehead atoms. The van der Waals surface area contributed by atoms with Crippen LogP contribution in [0.3, 0.4) is 0 Å². The van der Waals surface area contributed by atoms with E-state index in [1.54, 1.807) is 0 Å². The van der Waals surface area contributed by atoms with Crippen molar-refractivity contribution in [3.8, 4) is 0 Å². The molecule has 86 valence electrons. The molecule has 1 saturated heterocycles. The van der Waals surface area contributed by atoms with Gasteiger partial charge < -0.3 is 15.3 Å². The zero-order valence-corrected chi connectivity index (χ0v) is 9.50. The van der Waals surface area contributed by atoms with Gasteiger partial charge in [0.15, 0.2) is 0 Å². The maximum atomic E-state index is 7.00. The normalized spacial score (nSPS) is 28.1. The van der Waals surface area contributed by atoms with Gasteiger partial charge in [0.1, 0.15) is 0 Å². The molecule has 0 radical (unpaired) electrons. The van der Waals surface area contributed by atoms with Gasteiger partial charge in [-0.05, 0) is 32.4 Å². The standard InChI is InChI=1S/C10H20N2.CH4O.H2/c1-2-12-7-6-10(8-12)11-9-4-3-5-9;1-2;/h9-11H,2-8H2,1H3;2H,1H3;1H/t10-;;/m0../s1. The topological polar surface area (TPSA) is 35.5 Å². The van der Waals surface area contributed by atoms with E-state index in [-0.39, 0.29) is 1.43 Å². The first kappa shape index (κ1) is 12.0. The molecule has 3 heteroatoms. The Hall–Kier alpha value is -0.120. The van der Waals surface area contributed by atoms with E-state index in [9.17, 15) is 0 Å². The maximum absolute atomic E-state index is 7.00. The number of likely N-dealkylation sites (tertiary alicyclic amines) is 1. The number of hydrogen-bond donors (Lipinski definition) is 2. The molecule has 1 heterocycles. The molecule has 0 aromatic heterocycles. The molecule has 2 rings (SSSR count). The van der Waals surface area contributed by atoms with Gasteiger partial charge in [0.2, 0.25) is 0 Å². The van der Waals surface area contributed by atoms with Crippen LogP contribution in [0.1, 0.15) is 34.0 Å². The average Bonchev–Trinajstić information content (AvgIpc) is 2.62. The highest BCUT2D eigenvalue weighted by atomic mass is 16.2. The van der Waals surface area contributed by atoms with E-state index >= 15 is 0 Å². The monoisotopic (exact) mass is 202 g/mol. The molecule has 2 aliphatic rings. The number of rotatable bonds is 3. The Labute approximate surface area is 89.0 Å². The van der Waals surface area contributed by atoms with Crippen LogP contribution in [-0.2, 0) is 0 Å². The molecule has 2 N–H and O–H groups in total. The van der Waals surface area contributed by atoms with Gasteiger partial charge >= 0.3 is 0 Å². The zero-order valence-electron chi connectivity index (χ0n) is 9.50. The maximum Gasteiger partial charge on any atom is 0.0319 e. The van der Waals surface area contributed by atoms with E-state index in [0.717, 1.165) is 19.2 Å². The molecule has 3 nitrogen and oxygen atoms in total. The highest BCUT2D eigenvalue weighted by Gasteiger charge is 2.25. The first-order valence-corrected chi connectivity index (χ1v) is 5.81. The quantitative estimate of drug-likeness (QED) is 0.719. The minimum atomic E-state index is 0. The lowest BCUT2D eigenvalue weighted by atomic mass is 9.92. The summed E-state index contributed by atoms with van der Waals surface area (Å²) in [6, 6.07) is 1.67. The summed E-state index contributed by atoms with van der Waals surface area (Å²) in [5, 5.41) is 10.7. The van der Waals surface area contributed by atoms with Crippen molar-refractivity contribution in [2.24, 2.45) is 0 Å². The molecule has 14 heavy (non-hydrogen) atoms. The van der Waals surface area contributed by atoms with E-state index in [1.807, 2.05) is 0 Å². The number of aliphatic hydroxyl groups is 1. The van der Waals surface area contributed by atoms with Crippen LogP contribution in [0.25, 0.3) is 0 Å². The van der Waals surface area contributed by atoms with Gasteiger partial charge in [-0.25, -0.2) is 0 Å². The number of aliphatic hydroxyl groups excluding tert-OH is 1. The van der Waals surface area contributed by atoms with Crippen LogP contribution in [0.5, 0.6) is 0 Å². The second-order valence-electron chi connectivity index (χ2n) is 4.17. The van der Waals surface area contributed by atoms with E-state index in [0.29, 0.717) is 0 Å². The summed E-state index contributed by atoms with van der Waals surface area (Å²) < 4.78 is 0. The lowest BCUT2D eigenvalue weighted by Gasteiger charge is -2.29. The molecule has 1 atom stereocenters. The molecule has 0 unspecified atom stereocenters. The third-order valence-electron chi connectivity index (χ3n) is 3.30. The van der Waals surface area contributed by atoms with Crippen molar-refractivity contribution in [3.05, 3.63) is 0 Å². The van der Waals surface area contributed by atoms with Crippen molar-refractivity contribution < 1.29 is 6.53 Å². The fourth-order valence-electron chi connectivity index (χ4n) is 2.16. The second kappa shape index (κ2) is 6.38. The highest BCUT2D eigenvalue weighted by Crippen LogP contribution is 2.20. The van der Waals surface area contributed by atoms with Crippen LogP contribution in [0, 0.1) is 0 Å². The predicted molar refractivity (Wildman–Crippen MR) is 61.6 cm³/mol. The van der Waals surface area contributed by atoms with Crippen LogP contribution in [0.15, 0.2) is 0 Å². The van der Waals surface area contributed by atoms with Crippen molar-refractivity contribution in [3.63, 3.8) is 0 Å².